The SMILES string of the molecule is CC(C)CC(C)N(C)C(C)c1cc(O)cc(O)c1. The minimum atomic E-state index is 0.113. The lowest BCUT2D eigenvalue weighted by molar-refractivity contribution is 0.175. The molecule has 0 amide bonds. The van der Waals surface area contributed by atoms with Gasteiger partial charge in [0, 0.05) is 18.2 Å². The molecule has 0 saturated heterocycles. The molecule has 3 nitrogen and oxygen atoms in total. The molecule has 0 radical (unpaired) electrons. The van der Waals surface area contributed by atoms with E-state index in [9.17, 15) is 10.2 Å². The van der Waals surface area contributed by atoms with Crippen LogP contribution in [0.25, 0.3) is 0 Å². The van der Waals surface area contributed by atoms with Crippen molar-refractivity contribution in [2.45, 2.75) is 46.2 Å². The summed E-state index contributed by atoms with van der Waals surface area (Å²) in [5.41, 5.74) is 0.936. The highest BCUT2D eigenvalue weighted by Gasteiger charge is 2.19. The Bertz CT molecular complexity index is 370. The fourth-order valence-electron chi connectivity index (χ4n) is 2.32. The van der Waals surface area contributed by atoms with Gasteiger partial charge in [0.1, 0.15) is 11.5 Å². The van der Waals surface area contributed by atoms with Crippen LogP contribution in [-0.4, -0.2) is 28.2 Å². The van der Waals surface area contributed by atoms with E-state index in [1.165, 1.54) is 6.07 Å². The predicted octanol–water partition coefficient (Wildman–Crippen LogP) is 3.53. The van der Waals surface area contributed by atoms with E-state index in [4.69, 9.17) is 0 Å². The van der Waals surface area contributed by atoms with Crippen molar-refractivity contribution in [3.05, 3.63) is 23.8 Å². The van der Waals surface area contributed by atoms with Gasteiger partial charge in [0.25, 0.3) is 0 Å². The highest BCUT2D eigenvalue weighted by Crippen LogP contribution is 2.29. The maximum Gasteiger partial charge on any atom is 0.119 e. The Morgan fingerprint density at radius 2 is 1.50 bits per heavy atom. The molecule has 0 aliphatic carbocycles. The monoisotopic (exact) mass is 251 g/mol. The molecule has 0 fully saturated rings. The first kappa shape index (κ1) is 14.8. The average molecular weight is 251 g/mol. The predicted molar refractivity (Wildman–Crippen MR) is 74.9 cm³/mol. The highest BCUT2D eigenvalue weighted by atomic mass is 16.3. The van der Waals surface area contributed by atoms with Crippen molar-refractivity contribution in [2.75, 3.05) is 7.05 Å². The number of benzene rings is 1. The van der Waals surface area contributed by atoms with Crippen LogP contribution in [0.3, 0.4) is 0 Å². The molecule has 0 aromatic heterocycles. The van der Waals surface area contributed by atoms with E-state index in [2.05, 4.69) is 39.6 Å². The summed E-state index contributed by atoms with van der Waals surface area (Å²) in [6, 6.07) is 5.40. The van der Waals surface area contributed by atoms with Gasteiger partial charge >= 0.3 is 0 Å². The molecule has 1 rings (SSSR count). The Morgan fingerprint density at radius 3 is 1.94 bits per heavy atom. The second-order valence-electron chi connectivity index (χ2n) is 5.60. The normalized spacial score (nSPS) is 15.1. The summed E-state index contributed by atoms with van der Waals surface area (Å²) < 4.78 is 0. The van der Waals surface area contributed by atoms with Gasteiger partial charge in [-0.05, 0) is 50.9 Å². The number of hydrogen-bond acceptors (Lipinski definition) is 3. The lowest BCUT2D eigenvalue weighted by Gasteiger charge is -2.32. The summed E-state index contributed by atoms with van der Waals surface area (Å²) in [5, 5.41) is 19.1. The van der Waals surface area contributed by atoms with Crippen molar-refractivity contribution in [2.24, 2.45) is 5.92 Å². The Morgan fingerprint density at radius 1 is 1.00 bits per heavy atom. The van der Waals surface area contributed by atoms with Crippen molar-refractivity contribution >= 4 is 0 Å². The maximum atomic E-state index is 9.53. The standard InChI is InChI=1S/C15H25NO2/c1-10(2)6-11(3)16(5)12(4)13-7-14(17)9-15(18)8-13/h7-12,17-18H,6H2,1-5H3. The first-order chi connectivity index (χ1) is 8.31. The van der Waals surface area contributed by atoms with Crippen molar-refractivity contribution in [3.63, 3.8) is 0 Å². The fraction of sp³-hybridized carbons (Fsp3) is 0.600. The van der Waals surface area contributed by atoms with Gasteiger partial charge in [0.2, 0.25) is 0 Å². The molecule has 1 aromatic rings. The maximum absolute atomic E-state index is 9.53. The second-order valence-corrected chi connectivity index (χ2v) is 5.60. The van der Waals surface area contributed by atoms with Crippen LogP contribution in [0.5, 0.6) is 11.5 Å². The van der Waals surface area contributed by atoms with Crippen LogP contribution in [0.2, 0.25) is 0 Å². The number of phenols is 2. The second kappa shape index (κ2) is 6.10. The van der Waals surface area contributed by atoms with Crippen LogP contribution >= 0.6 is 0 Å². The molecule has 0 saturated carbocycles. The number of phenolic OH excluding ortho intramolecular Hbond substituents is 2. The molecule has 0 heterocycles. The van der Waals surface area contributed by atoms with Crippen LogP contribution in [-0.2, 0) is 0 Å². The lowest BCUT2D eigenvalue weighted by atomic mass is 10.0. The van der Waals surface area contributed by atoms with Crippen LogP contribution in [0, 0.1) is 5.92 Å². The van der Waals surface area contributed by atoms with Crippen molar-refractivity contribution in [1.29, 1.82) is 0 Å². The summed E-state index contributed by atoms with van der Waals surface area (Å²) in [6.45, 7) is 8.73. The van der Waals surface area contributed by atoms with Crippen molar-refractivity contribution in [3.8, 4) is 11.5 Å². The highest BCUT2D eigenvalue weighted by molar-refractivity contribution is 5.38. The van der Waals surface area contributed by atoms with E-state index in [0.29, 0.717) is 12.0 Å². The van der Waals surface area contributed by atoms with E-state index < -0.39 is 0 Å². The molecule has 2 atom stereocenters. The van der Waals surface area contributed by atoms with Crippen LogP contribution in [0.15, 0.2) is 18.2 Å². The topological polar surface area (TPSA) is 43.7 Å². The number of rotatable bonds is 5. The summed E-state index contributed by atoms with van der Waals surface area (Å²) in [5.74, 6) is 0.885. The summed E-state index contributed by atoms with van der Waals surface area (Å²) >= 11 is 0. The van der Waals surface area contributed by atoms with Gasteiger partial charge in [-0.1, -0.05) is 13.8 Å². The van der Waals surface area contributed by atoms with Gasteiger partial charge in [0.05, 0.1) is 0 Å². The lowest BCUT2D eigenvalue weighted by Crippen LogP contribution is -2.32. The summed E-state index contributed by atoms with van der Waals surface area (Å²) in [7, 11) is 2.08. The molecule has 102 valence electrons. The van der Waals surface area contributed by atoms with Crippen LogP contribution < -0.4 is 0 Å². The molecule has 0 aliphatic rings. The van der Waals surface area contributed by atoms with Crippen LogP contribution in [0.4, 0.5) is 0 Å². The largest absolute Gasteiger partial charge is 0.508 e. The van der Waals surface area contributed by atoms with E-state index in [-0.39, 0.29) is 17.5 Å². The number of aromatic hydroxyl groups is 2. The van der Waals surface area contributed by atoms with Gasteiger partial charge in [-0.2, -0.15) is 0 Å². The third-order valence-corrected chi connectivity index (χ3v) is 3.53. The molecular formula is C15H25NO2. The number of nitrogens with zero attached hydrogens (tertiary/aromatic N) is 1. The Balaban J connectivity index is 2.82. The minimum absolute atomic E-state index is 0.113. The fourth-order valence-corrected chi connectivity index (χ4v) is 2.32. The Labute approximate surface area is 110 Å². The van der Waals surface area contributed by atoms with Gasteiger partial charge < -0.3 is 10.2 Å². The molecule has 0 bridgehead atoms. The van der Waals surface area contributed by atoms with Crippen molar-refractivity contribution in [1.82, 2.24) is 4.90 Å². The Hall–Kier alpha value is -1.22. The smallest absolute Gasteiger partial charge is 0.119 e. The minimum Gasteiger partial charge on any atom is -0.508 e. The molecule has 1 aromatic carbocycles. The van der Waals surface area contributed by atoms with Crippen molar-refractivity contribution < 1.29 is 10.2 Å². The van der Waals surface area contributed by atoms with E-state index in [1.807, 2.05) is 0 Å². The quantitative estimate of drug-likeness (QED) is 0.841. The molecule has 18 heavy (non-hydrogen) atoms. The molecule has 0 aliphatic heterocycles. The van der Waals surface area contributed by atoms with Crippen LogP contribution in [0.1, 0.15) is 45.7 Å². The zero-order valence-corrected chi connectivity index (χ0v) is 12.0. The van der Waals surface area contributed by atoms with Gasteiger partial charge in [-0.15, -0.1) is 0 Å². The molecule has 0 spiro atoms. The van der Waals surface area contributed by atoms with E-state index in [0.717, 1.165) is 12.0 Å². The Kier molecular flexibility index (Phi) is 5.03. The molecule has 2 N–H and O–H groups in total. The van der Waals surface area contributed by atoms with Gasteiger partial charge in [-0.25, -0.2) is 0 Å². The third-order valence-electron chi connectivity index (χ3n) is 3.53. The third kappa shape index (κ3) is 3.91. The zero-order valence-electron chi connectivity index (χ0n) is 12.0. The summed E-state index contributed by atoms with van der Waals surface area (Å²) in [4.78, 5) is 2.27. The first-order valence-electron chi connectivity index (χ1n) is 6.56. The zero-order chi connectivity index (χ0) is 13.9. The first-order valence-corrected chi connectivity index (χ1v) is 6.56. The number of hydrogen-bond donors (Lipinski definition) is 2. The molecule has 2 unspecified atom stereocenters. The molecular weight excluding hydrogens is 226 g/mol. The van der Waals surface area contributed by atoms with E-state index in [1.54, 1.807) is 12.1 Å². The average Bonchev–Trinajstić information content (AvgIpc) is 2.24. The van der Waals surface area contributed by atoms with E-state index >= 15 is 0 Å². The summed E-state index contributed by atoms with van der Waals surface area (Å²) in [6.07, 6.45) is 1.13. The van der Waals surface area contributed by atoms with Gasteiger partial charge in [0.15, 0.2) is 0 Å². The molecule has 3 heteroatoms. The van der Waals surface area contributed by atoms with Gasteiger partial charge in [-0.3, -0.25) is 4.90 Å².